The van der Waals surface area contributed by atoms with Gasteiger partial charge in [0.15, 0.2) is 0 Å². The molecule has 3 fully saturated rings. The second kappa shape index (κ2) is 5.88. The van der Waals surface area contributed by atoms with Crippen molar-refractivity contribution in [3.8, 4) is 0 Å². The van der Waals surface area contributed by atoms with Crippen molar-refractivity contribution in [1.29, 1.82) is 0 Å². The average molecular weight is 294 g/mol. The number of ether oxygens (including phenoxy) is 1. The van der Waals surface area contributed by atoms with Gasteiger partial charge >= 0.3 is 0 Å². The van der Waals surface area contributed by atoms with Crippen LogP contribution in [-0.4, -0.2) is 37.2 Å². The van der Waals surface area contributed by atoms with Crippen molar-refractivity contribution in [2.24, 2.45) is 11.3 Å². The minimum Gasteiger partial charge on any atom is -0.381 e. The predicted molar refractivity (Wildman–Crippen MR) is 83.0 cm³/mol. The van der Waals surface area contributed by atoms with Crippen LogP contribution >= 0.6 is 0 Å². The summed E-state index contributed by atoms with van der Waals surface area (Å²) in [5.74, 6) is 1.01. The van der Waals surface area contributed by atoms with Gasteiger partial charge in [-0.25, -0.2) is 0 Å². The molecule has 5 unspecified atom stereocenters. The number of rotatable bonds is 3. The Morgan fingerprint density at radius 1 is 1.19 bits per heavy atom. The molecule has 1 heterocycles. The maximum atomic E-state index is 12.5. The van der Waals surface area contributed by atoms with Crippen LogP contribution in [0.1, 0.15) is 58.8 Å². The fraction of sp³-hybridized carbons (Fsp3) is 0.941. The monoisotopic (exact) mass is 294 g/mol. The predicted octanol–water partition coefficient (Wildman–Crippen LogP) is 2.23. The fourth-order valence-corrected chi connectivity index (χ4v) is 4.50. The molecule has 2 N–H and O–H groups in total. The third kappa shape index (κ3) is 2.85. The second-order valence-corrected chi connectivity index (χ2v) is 7.79. The summed E-state index contributed by atoms with van der Waals surface area (Å²) in [6.07, 6.45) is 8.69. The van der Waals surface area contributed by atoms with E-state index in [1.54, 1.807) is 7.11 Å². The Labute approximate surface area is 128 Å². The van der Waals surface area contributed by atoms with Gasteiger partial charge in [0.1, 0.15) is 0 Å². The van der Waals surface area contributed by atoms with E-state index in [2.05, 4.69) is 24.5 Å². The molecule has 0 aromatic rings. The van der Waals surface area contributed by atoms with Gasteiger partial charge in [0.2, 0.25) is 5.91 Å². The number of amides is 1. The lowest BCUT2D eigenvalue weighted by atomic mass is 9.64. The lowest BCUT2D eigenvalue weighted by Crippen LogP contribution is -2.65. The van der Waals surface area contributed by atoms with Crippen LogP contribution in [0.5, 0.6) is 0 Å². The van der Waals surface area contributed by atoms with Crippen LogP contribution in [0.15, 0.2) is 0 Å². The molecule has 0 bridgehead atoms. The summed E-state index contributed by atoms with van der Waals surface area (Å²) >= 11 is 0. The van der Waals surface area contributed by atoms with Crippen LogP contribution in [-0.2, 0) is 9.53 Å². The van der Waals surface area contributed by atoms with Gasteiger partial charge in [-0.15, -0.1) is 0 Å². The van der Waals surface area contributed by atoms with Gasteiger partial charge in [-0.1, -0.05) is 26.7 Å². The zero-order valence-electron chi connectivity index (χ0n) is 13.7. The third-order valence-corrected chi connectivity index (χ3v) is 6.25. The first kappa shape index (κ1) is 15.3. The average Bonchev–Trinajstić information content (AvgIpc) is 2.50. The summed E-state index contributed by atoms with van der Waals surface area (Å²) in [6, 6.07) is 0.840. The van der Waals surface area contributed by atoms with Crippen LogP contribution in [0.25, 0.3) is 0 Å². The molecular formula is C17H30N2O2. The number of carbonyl (C=O) groups excluding carboxylic acids is 1. The maximum absolute atomic E-state index is 12.5. The van der Waals surface area contributed by atoms with Crippen LogP contribution in [0, 0.1) is 11.3 Å². The molecule has 4 heteroatoms. The molecule has 3 rings (SSSR count). The Bertz CT molecular complexity index is 396. The second-order valence-electron chi connectivity index (χ2n) is 7.79. The normalized spacial score (nSPS) is 41.8. The number of methoxy groups -OCH3 is 1. The van der Waals surface area contributed by atoms with Crippen molar-refractivity contribution in [2.75, 3.05) is 7.11 Å². The largest absolute Gasteiger partial charge is 0.381 e. The highest BCUT2D eigenvalue weighted by Gasteiger charge is 2.49. The highest BCUT2D eigenvalue weighted by atomic mass is 16.5. The topological polar surface area (TPSA) is 50.4 Å². The SMILES string of the molecule is COC1CC(NC(=O)C2CCC3CCCCC3N2)C1(C)C. The number of fused-ring (bicyclic) bond motifs is 1. The highest BCUT2D eigenvalue weighted by molar-refractivity contribution is 5.82. The Balaban J connectivity index is 1.52. The first-order valence-corrected chi connectivity index (χ1v) is 8.61. The Morgan fingerprint density at radius 3 is 2.67 bits per heavy atom. The van der Waals surface area contributed by atoms with Gasteiger partial charge in [0, 0.05) is 24.6 Å². The maximum Gasteiger partial charge on any atom is 0.237 e. The highest BCUT2D eigenvalue weighted by Crippen LogP contribution is 2.42. The molecule has 4 nitrogen and oxygen atoms in total. The van der Waals surface area contributed by atoms with Gasteiger partial charge in [-0.3, -0.25) is 4.79 Å². The number of hydrogen-bond acceptors (Lipinski definition) is 3. The molecular weight excluding hydrogens is 264 g/mol. The Hall–Kier alpha value is -0.610. The van der Waals surface area contributed by atoms with Crippen LogP contribution in [0.3, 0.4) is 0 Å². The molecule has 1 amide bonds. The van der Waals surface area contributed by atoms with E-state index >= 15 is 0 Å². The van der Waals surface area contributed by atoms with Gasteiger partial charge in [0.05, 0.1) is 12.1 Å². The standard InChI is InChI=1S/C17H30N2O2/c1-17(2)14(10-15(17)21-3)19-16(20)13-9-8-11-6-4-5-7-12(11)18-13/h11-15,18H,4-10H2,1-3H3,(H,19,20). The number of piperidine rings is 1. The molecule has 0 aromatic carbocycles. The van der Waals surface area contributed by atoms with E-state index in [1.807, 2.05) is 0 Å². The van der Waals surface area contributed by atoms with E-state index in [4.69, 9.17) is 4.74 Å². The van der Waals surface area contributed by atoms with Gasteiger partial charge in [-0.05, 0) is 38.0 Å². The Kier molecular flexibility index (Phi) is 4.28. The molecule has 3 aliphatic rings. The first-order valence-electron chi connectivity index (χ1n) is 8.61. The first-order chi connectivity index (χ1) is 10.0. The fourth-order valence-electron chi connectivity index (χ4n) is 4.50. The summed E-state index contributed by atoms with van der Waals surface area (Å²) in [5, 5.41) is 6.87. The lowest BCUT2D eigenvalue weighted by Gasteiger charge is -2.51. The molecule has 0 aromatic heterocycles. The summed E-state index contributed by atoms with van der Waals surface area (Å²) in [4.78, 5) is 12.5. The van der Waals surface area contributed by atoms with E-state index < -0.39 is 0 Å². The summed E-state index contributed by atoms with van der Waals surface area (Å²) < 4.78 is 5.46. The van der Waals surface area contributed by atoms with Crippen LogP contribution in [0.2, 0.25) is 0 Å². The number of hydrogen-bond donors (Lipinski definition) is 2. The van der Waals surface area contributed by atoms with E-state index in [0.717, 1.165) is 18.8 Å². The number of carbonyl (C=O) groups is 1. The van der Waals surface area contributed by atoms with Crippen molar-refractivity contribution in [3.63, 3.8) is 0 Å². The van der Waals surface area contributed by atoms with Crippen molar-refractivity contribution < 1.29 is 9.53 Å². The molecule has 2 aliphatic carbocycles. The summed E-state index contributed by atoms with van der Waals surface area (Å²) in [7, 11) is 1.76. The van der Waals surface area contributed by atoms with Crippen molar-refractivity contribution >= 4 is 5.91 Å². The van der Waals surface area contributed by atoms with Crippen LogP contribution in [0.4, 0.5) is 0 Å². The quantitative estimate of drug-likeness (QED) is 0.839. The molecule has 2 saturated carbocycles. The van der Waals surface area contributed by atoms with Gasteiger partial charge in [-0.2, -0.15) is 0 Å². The smallest absolute Gasteiger partial charge is 0.237 e. The van der Waals surface area contributed by atoms with E-state index in [1.165, 1.54) is 32.1 Å². The van der Waals surface area contributed by atoms with Gasteiger partial charge < -0.3 is 15.4 Å². The zero-order chi connectivity index (χ0) is 15.0. The third-order valence-electron chi connectivity index (χ3n) is 6.25. The van der Waals surface area contributed by atoms with Crippen LogP contribution < -0.4 is 10.6 Å². The van der Waals surface area contributed by atoms with E-state index in [9.17, 15) is 4.79 Å². The molecule has 1 aliphatic heterocycles. The summed E-state index contributed by atoms with van der Waals surface area (Å²) in [5.41, 5.74) is 0.0481. The van der Waals surface area contributed by atoms with E-state index in [0.29, 0.717) is 6.04 Å². The minimum absolute atomic E-state index is 0.0155. The molecule has 120 valence electrons. The zero-order valence-corrected chi connectivity index (χ0v) is 13.7. The molecule has 5 atom stereocenters. The van der Waals surface area contributed by atoms with Crippen molar-refractivity contribution in [2.45, 2.75) is 83.0 Å². The minimum atomic E-state index is 0.0155. The molecule has 0 radical (unpaired) electrons. The molecule has 1 saturated heterocycles. The Morgan fingerprint density at radius 2 is 1.95 bits per heavy atom. The van der Waals surface area contributed by atoms with Gasteiger partial charge in [0.25, 0.3) is 0 Å². The molecule has 21 heavy (non-hydrogen) atoms. The summed E-state index contributed by atoms with van der Waals surface area (Å²) in [6.45, 7) is 4.36. The van der Waals surface area contributed by atoms with Crippen molar-refractivity contribution in [3.05, 3.63) is 0 Å². The van der Waals surface area contributed by atoms with E-state index in [-0.39, 0.29) is 29.5 Å². The van der Waals surface area contributed by atoms with Crippen molar-refractivity contribution in [1.82, 2.24) is 10.6 Å². The lowest BCUT2D eigenvalue weighted by molar-refractivity contribution is -0.135. The number of nitrogens with one attached hydrogen (secondary N) is 2. The molecule has 0 spiro atoms.